The molecule has 0 amide bonds. The Labute approximate surface area is 95.5 Å². The van der Waals surface area contributed by atoms with Gasteiger partial charge in [-0.1, -0.05) is 24.2 Å². The number of benzene rings is 1. The zero-order chi connectivity index (χ0) is 11.0. The molecular formula is C10H6ClNO2S. The van der Waals surface area contributed by atoms with Gasteiger partial charge in [-0.25, -0.2) is 0 Å². The molecule has 0 atom stereocenters. The quantitative estimate of drug-likeness (QED) is 0.750. The molecule has 3 nitrogen and oxygen atoms in total. The van der Waals surface area contributed by atoms with E-state index in [0.29, 0.717) is 15.9 Å². The average molecular weight is 240 g/mol. The molecule has 0 saturated heterocycles. The maximum absolute atomic E-state index is 11.6. The van der Waals surface area contributed by atoms with Crippen LogP contribution in [0.3, 0.4) is 0 Å². The third kappa shape index (κ3) is 1.91. The number of rotatable bonds is 1. The molecular weight excluding hydrogens is 234 g/mol. The van der Waals surface area contributed by atoms with Crippen molar-refractivity contribution in [3.8, 4) is 0 Å². The summed E-state index contributed by atoms with van der Waals surface area (Å²) in [6.45, 7) is 0. The van der Waals surface area contributed by atoms with Gasteiger partial charge < -0.3 is 4.98 Å². The number of H-pyrrole nitrogens is 1. The zero-order valence-corrected chi connectivity index (χ0v) is 9.10. The maximum atomic E-state index is 11.6. The zero-order valence-electron chi connectivity index (χ0n) is 7.45. The van der Waals surface area contributed by atoms with Gasteiger partial charge in [-0.05, 0) is 18.2 Å². The molecule has 1 heterocycles. The fraction of sp³-hybridized carbons (Fsp3) is 0. The number of halogens is 1. The second kappa shape index (κ2) is 3.72. The molecule has 0 aliphatic rings. The van der Waals surface area contributed by atoms with E-state index in [-0.39, 0.29) is 11.1 Å². The number of pyridine rings is 1. The predicted octanol–water partition coefficient (Wildman–Crippen LogP) is 2.25. The van der Waals surface area contributed by atoms with E-state index in [1.54, 1.807) is 18.2 Å². The topological polar surface area (TPSA) is 49.9 Å². The Morgan fingerprint density at radius 1 is 1.33 bits per heavy atom. The van der Waals surface area contributed by atoms with Crippen LogP contribution in [0.4, 0.5) is 0 Å². The molecule has 1 N–H and O–H groups in total. The Kier molecular flexibility index (Phi) is 2.54. The van der Waals surface area contributed by atoms with Crippen molar-refractivity contribution in [2.24, 2.45) is 0 Å². The summed E-state index contributed by atoms with van der Waals surface area (Å²) in [4.78, 5) is 25.4. The molecule has 76 valence electrons. The first-order chi connectivity index (χ1) is 7.08. The lowest BCUT2D eigenvalue weighted by atomic mass is 10.2. The molecule has 1 aromatic heterocycles. The van der Waals surface area contributed by atoms with Crippen LogP contribution in [0.2, 0.25) is 5.02 Å². The molecule has 0 radical (unpaired) electrons. The molecule has 2 rings (SSSR count). The van der Waals surface area contributed by atoms with Gasteiger partial charge in [-0.3, -0.25) is 9.59 Å². The van der Waals surface area contributed by atoms with Crippen molar-refractivity contribution in [3.05, 3.63) is 45.2 Å². The summed E-state index contributed by atoms with van der Waals surface area (Å²) in [5, 5.41) is 0.522. The lowest BCUT2D eigenvalue weighted by Gasteiger charge is -2.00. The van der Waals surface area contributed by atoms with Gasteiger partial charge >= 0.3 is 0 Å². The summed E-state index contributed by atoms with van der Waals surface area (Å²) >= 11 is 9.42. The molecule has 2 aromatic rings. The van der Waals surface area contributed by atoms with Gasteiger partial charge in [0.05, 0.1) is 11.2 Å². The van der Waals surface area contributed by atoms with E-state index in [1.807, 2.05) is 0 Å². The van der Waals surface area contributed by atoms with E-state index < -0.39 is 5.12 Å². The van der Waals surface area contributed by atoms with Gasteiger partial charge in [-0.15, -0.1) is 0 Å². The molecule has 15 heavy (non-hydrogen) atoms. The second-order valence-electron chi connectivity index (χ2n) is 3.04. The van der Waals surface area contributed by atoms with Crippen LogP contribution in [0.1, 0.15) is 10.5 Å². The number of thiol groups is 1. The Balaban J connectivity index is 2.85. The summed E-state index contributed by atoms with van der Waals surface area (Å²) in [7, 11) is 0. The molecule has 1 aromatic carbocycles. The summed E-state index contributed by atoms with van der Waals surface area (Å²) in [5.41, 5.74) is 0.475. The minimum absolute atomic E-state index is 0.165. The molecule has 0 saturated carbocycles. The molecule has 0 fully saturated rings. The van der Waals surface area contributed by atoms with Crippen molar-refractivity contribution in [3.63, 3.8) is 0 Å². The van der Waals surface area contributed by atoms with E-state index in [2.05, 4.69) is 17.6 Å². The smallest absolute Gasteiger partial charge is 0.232 e. The van der Waals surface area contributed by atoms with Crippen molar-refractivity contribution in [2.75, 3.05) is 0 Å². The first-order valence-corrected chi connectivity index (χ1v) is 4.96. The fourth-order valence-corrected chi connectivity index (χ4v) is 1.63. The fourth-order valence-electron chi connectivity index (χ4n) is 1.34. The van der Waals surface area contributed by atoms with Crippen molar-refractivity contribution in [1.29, 1.82) is 0 Å². The molecule has 0 spiro atoms. The van der Waals surface area contributed by atoms with Crippen LogP contribution in [0, 0.1) is 0 Å². The third-order valence-corrected chi connectivity index (χ3v) is 2.50. The van der Waals surface area contributed by atoms with Crippen molar-refractivity contribution >= 4 is 40.2 Å². The Morgan fingerprint density at radius 2 is 2.07 bits per heavy atom. The van der Waals surface area contributed by atoms with Crippen LogP contribution >= 0.6 is 24.2 Å². The number of fused-ring (bicyclic) bond motifs is 1. The number of hydrogen-bond donors (Lipinski definition) is 2. The Hall–Kier alpha value is -1.26. The standard InChI is InChI=1S/C10H6ClNO2S/c11-5-1-2-6-7(3-5)12-8(10(14)15)4-9(6)13/h1-4H,(H,12,13)(H,14,15). The number of carbonyl (C=O) groups is 1. The van der Waals surface area contributed by atoms with Gasteiger partial charge in [0.25, 0.3) is 0 Å². The summed E-state index contributed by atoms with van der Waals surface area (Å²) in [6, 6.07) is 6.06. The molecule has 0 bridgehead atoms. The first kappa shape index (κ1) is 10.3. The summed E-state index contributed by atoms with van der Waals surface area (Å²) in [5.74, 6) is 0. The molecule has 0 aliphatic carbocycles. The SMILES string of the molecule is O=C(S)c1cc(=O)c2ccc(Cl)cc2[nH]1. The van der Waals surface area contributed by atoms with Gasteiger partial charge in [0.15, 0.2) is 5.43 Å². The van der Waals surface area contributed by atoms with Crippen molar-refractivity contribution in [2.45, 2.75) is 0 Å². The molecule has 5 heteroatoms. The predicted molar refractivity (Wildman–Crippen MR) is 62.9 cm³/mol. The van der Waals surface area contributed by atoms with Crippen LogP contribution in [-0.4, -0.2) is 10.1 Å². The lowest BCUT2D eigenvalue weighted by molar-refractivity contribution is 0.108. The van der Waals surface area contributed by atoms with Crippen LogP contribution in [0.25, 0.3) is 10.9 Å². The normalized spacial score (nSPS) is 10.5. The number of carbonyl (C=O) groups excluding carboxylic acids is 1. The second-order valence-corrected chi connectivity index (χ2v) is 3.88. The van der Waals surface area contributed by atoms with Gasteiger partial charge in [0.2, 0.25) is 5.12 Å². The van der Waals surface area contributed by atoms with Gasteiger partial charge in [0, 0.05) is 16.5 Å². The molecule has 0 aliphatic heterocycles. The van der Waals surface area contributed by atoms with E-state index in [1.165, 1.54) is 6.07 Å². The average Bonchev–Trinajstić information content (AvgIpc) is 2.16. The number of hydrogen-bond acceptors (Lipinski definition) is 2. The highest BCUT2D eigenvalue weighted by Gasteiger charge is 2.06. The van der Waals surface area contributed by atoms with Crippen molar-refractivity contribution < 1.29 is 4.79 Å². The summed E-state index contributed by atoms with van der Waals surface area (Å²) in [6.07, 6.45) is 0. The van der Waals surface area contributed by atoms with E-state index in [0.717, 1.165) is 0 Å². The highest BCUT2D eigenvalue weighted by Crippen LogP contribution is 2.15. The number of aromatic amines is 1. The monoisotopic (exact) mass is 239 g/mol. The minimum atomic E-state index is -0.478. The van der Waals surface area contributed by atoms with Crippen LogP contribution < -0.4 is 5.43 Å². The van der Waals surface area contributed by atoms with Gasteiger partial charge in [0.1, 0.15) is 0 Å². The van der Waals surface area contributed by atoms with E-state index in [9.17, 15) is 9.59 Å². The maximum Gasteiger partial charge on any atom is 0.232 e. The highest BCUT2D eigenvalue weighted by molar-refractivity contribution is 7.97. The first-order valence-electron chi connectivity index (χ1n) is 4.14. The number of aromatic nitrogens is 1. The summed E-state index contributed by atoms with van der Waals surface area (Å²) < 4.78 is 0. The lowest BCUT2D eigenvalue weighted by Crippen LogP contribution is -2.06. The van der Waals surface area contributed by atoms with E-state index in [4.69, 9.17) is 11.6 Å². The Morgan fingerprint density at radius 3 is 2.73 bits per heavy atom. The third-order valence-electron chi connectivity index (χ3n) is 2.02. The van der Waals surface area contributed by atoms with E-state index >= 15 is 0 Å². The Bertz CT molecular complexity index is 606. The van der Waals surface area contributed by atoms with Crippen molar-refractivity contribution in [1.82, 2.24) is 4.98 Å². The van der Waals surface area contributed by atoms with Gasteiger partial charge in [-0.2, -0.15) is 0 Å². The number of nitrogens with one attached hydrogen (secondary N) is 1. The minimum Gasteiger partial charge on any atom is -0.351 e. The van der Waals surface area contributed by atoms with Crippen LogP contribution in [-0.2, 0) is 0 Å². The van der Waals surface area contributed by atoms with Crippen LogP contribution in [0.15, 0.2) is 29.1 Å². The molecule has 0 unspecified atom stereocenters. The van der Waals surface area contributed by atoms with Crippen LogP contribution in [0.5, 0.6) is 0 Å². The highest BCUT2D eigenvalue weighted by atomic mass is 35.5. The largest absolute Gasteiger partial charge is 0.351 e.